The molecule has 1 aliphatic rings. The molecule has 1 aliphatic carbocycles. The highest BCUT2D eigenvalue weighted by atomic mass is 35.5. The van der Waals surface area contributed by atoms with Gasteiger partial charge in [0.05, 0.1) is 0 Å². The van der Waals surface area contributed by atoms with Crippen LogP contribution in [0.25, 0.3) is 11.2 Å². The van der Waals surface area contributed by atoms with Gasteiger partial charge in [-0.25, -0.2) is 9.97 Å². The van der Waals surface area contributed by atoms with Crippen molar-refractivity contribution in [3.63, 3.8) is 0 Å². The molecule has 1 saturated carbocycles. The molecule has 2 aromatic rings. The Kier molecular flexibility index (Phi) is 3.73. The van der Waals surface area contributed by atoms with Gasteiger partial charge in [-0.15, -0.1) is 0 Å². The molecular formula is C13H16ClN5. The van der Waals surface area contributed by atoms with Crippen molar-refractivity contribution in [1.29, 1.82) is 0 Å². The Balaban J connectivity index is 1.84. The van der Waals surface area contributed by atoms with Gasteiger partial charge in [0.2, 0.25) is 5.95 Å². The van der Waals surface area contributed by atoms with E-state index < -0.39 is 0 Å². The normalized spacial score (nSPS) is 17.3. The smallest absolute Gasteiger partial charge is 0.226 e. The van der Waals surface area contributed by atoms with Crippen LogP contribution in [0.3, 0.4) is 0 Å². The van der Waals surface area contributed by atoms with Gasteiger partial charge in [0.15, 0.2) is 10.8 Å². The number of anilines is 1. The molecular weight excluding hydrogens is 262 g/mol. The third-order valence-electron chi connectivity index (χ3n) is 3.48. The maximum absolute atomic E-state index is 6.12. The Bertz CT molecular complexity index is 566. The van der Waals surface area contributed by atoms with E-state index in [4.69, 9.17) is 11.6 Å². The molecule has 100 valence electrons. The number of fused-ring (bicyclic) bond motifs is 1. The molecule has 0 amide bonds. The molecule has 1 fully saturated rings. The molecule has 0 saturated heterocycles. The zero-order chi connectivity index (χ0) is 13.1. The standard InChI is InChI=1S/C13H16ClN5/c14-11-10-12(16-8-7-15-10)19-13(18-11)17-9-5-3-1-2-4-6-9/h7-9H,1-6H2,(H,16,17,18,19). The molecule has 0 radical (unpaired) electrons. The van der Waals surface area contributed by atoms with Crippen LogP contribution in [0.5, 0.6) is 0 Å². The number of hydrogen-bond donors (Lipinski definition) is 1. The lowest BCUT2D eigenvalue weighted by molar-refractivity contribution is 0.615. The predicted octanol–water partition coefficient (Wildman–Crippen LogP) is 3.21. The molecule has 1 N–H and O–H groups in total. The van der Waals surface area contributed by atoms with E-state index in [0.717, 1.165) is 0 Å². The highest BCUT2D eigenvalue weighted by molar-refractivity contribution is 6.33. The van der Waals surface area contributed by atoms with Crippen LogP contribution in [0.4, 0.5) is 5.95 Å². The molecule has 0 aromatic carbocycles. The summed E-state index contributed by atoms with van der Waals surface area (Å²) in [7, 11) is 0. The van der Waals surface area contributed by atoms with Crippen LogP contribution in [0.2, 0.25) is 5.15 Å². The molecule has 0 aliphatic heterocycles. The Morgan fingerprint density at radius 1 is 1.00 bits per heavy atom. The third kappa shape index (κ3) is 2.92. The summed E-state index contributed by atoms with van der Waals surface area (Å²) in [6, 6.07) is 0.438. The van der Waals surface area contributed by atoms with Gasteiger partial charge in [-0.1, -0.05) is 37.3 Å². The summed E-state index contributed by atoms with van der Waals surface area (Å²) in [5, 5.41) is 3.74. The van der Waals surface area contributed by atoms with Gasteiger partial charge in [-0.2, -0.15) is 9.97 Å². The van der Waals surface area contributed by atoms with Crippen LogP contribution in [-0.2, 0) is 0 Å². The first kappa shape index (κ1) is 12.5. The average molecular weight is 278 g/mol. The lowest BCUT2D eigenvalue weighted by atomic mass is 10.1. The van der Waals surface area contributed by atoms with Gasteiger partial charge in [0.1, 0.15) is 5.52 Å². The number of nitrogens with zero attached hydrogens (tertiary/aromatic N) is 4. The molecule has 2 aromatic heterocycles. The largest absolute Gasteiger partial charge is 0.351 e. The van der Waals surface area contributed by atoms with Gasteiger partial charge in [-0.3, -0.25) is 0 Å². The summed E-state index contributed by atoms with van der Waals surface area (Å²) in [6.07, 6.45) is 10.7. The fourth-order valence-corrected chi connectivity index (χ4v) is 2.71. The van der Waals surface area contributed by atoms with E-state index in [0.29, 0.717) is 28.3 Å². The van der Waals surface area contributed by atoms with E-state index in [-0.39, 0.29) is 0 Å². The van der Waals surface area contributed by atoms with Gasteiger partial charge in [-0.05, 0) is 12.8 Å². The molecule has 19 heavy (non-hydrogen) atoms. The lowest BCUT2D eigenvalue weighted by Crippen LogP contribution is -2.20. The van der Waals surface area contributed by atoms with Crippen molar-refractivity contribution in [3.05, 3.63) is 17.5 Å². The summed E-state index contributed by atoms with van der Waals surface area (Å²) >= 11 is 6.12. The molecule has 0 unspecified atom stereocenters. The van der Waals surface area contributed by atoms with Crippen LogP contribution < -0.4 is 5.32 Å². The van der Waals surface area contributed by atoms with Gasteiger partial charge in [0, 0.05) is 18.4 Å². The Labute approximate surface area is 116 Å². The van der Waals surface area contributed by atoms with Crippen molar-refractivity contribution < 1.29 is 0 Å². The third-order valence-corrected chi connectivity index (χ3v) is 3.74. The van der Waals surface area contributed by atoms with Crippen molar-refractivity contribution in [2.24, 2.45) is 0 Å². The summed E-state index contributed by atoms with van der Waals surface area (Å²) in [5.74, 6) is 0.560. The van der Waals surface area contributed by atoms with Crippen molar-refractivity contribution in [1.82, 2.24) is 19.9 Å². The molecule has 0 bridgehead atoms. The molecule has 6 heteroatoms. The minimum Gasteiger partial charge on any atom is -0.351 e. The van der Waals surface area contributed by atoms with Gasteiger partial charge >= 0.3 is 0 Å². The van der Waals surface area contributed by atoms with Crippen LogP contribution in [-0.4, -0.2) is 26.0 Å². The second-order valence-electron chi connectivity index (χ2n) is 4.90. The number of rotatable bonds is 2. The van der Waals surface area contributed by atoms with E-state index in [9.17, 15) is 0 Å². The van der Waals surface area contributed by atoms with Crippen molar-refractivity contribution in [2.75, 3.05) is 5.32 Å². The SMILES string of the molecule is Clc1nc(NC2CCCCCC2)nc2nccnc12. The quantitative estimate of drug-likeness (QED) is 0.674. The van der Waals surface area contributed by atoms with Crippen LogP contribution >= 0.6 is 11.6 Å². The summed E-state index contributed by atoms with van der Waals surface area (Å²) < 4.78 is 0. The van der Waals surface area contributed by atoms with E-state index >= 15 is 0 Å². The number of halogens is 1. The molecule has 0 spiro atoms. The van der Waals surface area contributed by atoms with Crippen LogP contribution in [0.15, 0.2) is 12.4 Å². The van der Waals surface area contributed by atoms with Crippen molar-refractivity contribution in [3.8, 4) is 0 Å². The lowest BCUT2D eigenvalue weighted by Gasteiger charge is -2.16. The number of aromatic nitrogens is 4. The minimum absolute atomic E-state index is 0.356. The highest BCUT2D eigenvalue weighted by Crippen LogP contribution is 2.22. The maximum Gasteiger partial charge on any atom is 0.226 e. The average Bonchev–Trinajstić information content (AvgIpc) is 2.67. The van der Waals surface area contributed by atoms with E-state index in [1.807, 2.05) is 0 Å². The summed E-state index contributed by atoms with van der Waals surface area (Å²) in [6.45, 7) is 0. The first-order valence-corrected chi connectivity index (χ1v) is 7.11. The Hall–Kier alpha value is -1.49. The summed E-state index contributed by atoms with van der Waals surface area (Å²) in [4.78, 5) is 17.0. The molecule has 3 rings (SSSR count). The Morgan fingerprint density at radius 3 is 2.53 bits per heavy atom. The van der Waals surface area contributed by atoms with Crippen molar-refractivity contribution in [2.45, 2.75) is 44.6 Å². The predicted molar refractivity (Wildman–Crippen MR) is 75.3 cm³/mol. The minimum atomic E-state index is 0.356. The van der Waals surface area contributed by atoms with Crippen LogP contribution in [0, 0.1) is 0 Å². The second kappa shape index (κ2) is 5.65. The molecule has 5 nitrogen and oxygen atoms in total. The van der Waals surface area contributed by atoms with E-state index in [1.165, 1.54) is 38.5 Å². The van der Waals surface area contributed by atoms with Gasteiger partial charge < -0.3 is 5.32 Å². The van der Waals surface area contributed by atoms with E-state index in [1.54, 1.807) is 12.4 Å². The first-order chi connectivity index (χ1) is 9.33. The summed E-state index contributed by atoms with van der Waals surface area (Å²) in [5.41, 5.74) is 1.09. The number of hydrogen-bond acceptors (Lipinski definition) is 5. The maximum atomic E-state index is 6.12. The van der Waals surface area contributed by atoms with E-state index in [2.05, 4.69) is 25.3 Å². The van der Waals surface area contributed by atoms with Gasteiger partial charge in [0.25, 0.3) is 0 Å². The highest BCUT2D eigenvalue weighted by Gasteiger charge is 2.14. The van der Waals surface area contributed by atoms with Crippen LogP contribution in [0.1, 0.15) is 38.5 Å². The molecule has 2 heterocycles. The zero-order valence-electron chi connectivity index (χ0n) is 10.6. The Morgan fingerprint density at radius 2 is 1.74 bits per heavy atom. The van der Waals surface area contributed by atoms with Crippen molar-refractivity contribution >= 4 is 28.7 Å². The monoisotopic (exact) mass is 277 g/mol. The second-order valence-corrected chi connectivity index (χ2v) is 5.26. The fraction of sp³-hybridized carbons (Fsp3) is 0.538. The fourth-order valence-electron chi connectivity index (χ4n) is 2.50. The zero-order valence-corrected chi connectivity index (χ0v) is 11.4. The first-order valence-electron chi connectivity index (χ1n) is 6.74. The molecule has 0 atom stereocenters. The topological polar surface area (TPSA) is 63.6 Å². The number of nitrogens with one attached hydrogen (secondary N) is 1.